The maximum absolute atomic E-state index is 13.1. The number of carbonyl (C=O) groups is 3. The van der Waals surface area contributed by atoms with E-state index in [4.69, 9.17) is 15.2 Å². The predicted octanol–water partition coefficient (Wildman–Crippen LogP) is 4.19. The quantitative estimate of drug-likeness (QED) is 0.573. The highest BCUT2D eigenvalue weighted by Crippen LogP contribution is 2.27. The number of esters is 1. The number of imide groups is 1. The standard InChI is InChI=1S/C26H32N2O5/c27-23(16-20-10-4-1-5-11-20)25(30)28(26(31)33-19-22-14-8-3-9-15-22)17-24(29)32-18-21-12-6-2-7-13-21/h2-3,6-9,12-15,20,23H,1,4-5,10-11,16-19,27H2/t23-/m1/s1. The van der Waals surface area contributed by atoms with E-state index in [0.717, 1.165) is 41.7 Å². The van der Waals surface area contributed by atoms with Crippen molar-refractivity contribution in [3.63, 3.8) is 0 Å². The lowest BCUT2D eigenvalue weighted by Crippen LogP contribution is -2.49. The van der Waals surface area contributed by atoms with E-state index in [1.165, 1.54) is 6.42 Å². The zero-order valence-corrected chi connectivity index (χ0v) is 18.9. The Morgan fingerprint density at radius 1 is 0.848 bits per heavy atom. The van der Waals surface area contributed by atoms with Crippen LogP contribution in [0.1, 0.15) is 49.7 Å². The van der Waals surface area contributed by atoms with E-state index in [9.17, 15) is 14.4 Å². The van der Waals surface area contributed by atoms with Crippen molar-refractivity contribution < 1.29 is 23.9 Å². The molecule has 2 amide bonds. The van der Waals surface area contributed by atoms with Crippen LogP contribution in [0, 0.1) is 5.92 Å². The van der Waals surface area contributed by atoms with Gasteiger partial charge in [-0.2, -0.15) is 0 Å². The predicted molar refractivity (Wildman–Crippen MR) is 124 cm³/mol. The van der Waals surface area contributed by atoms with Crippen molar-refractivity contribution in [2.24, 2.45) is 11.7 Å². The third-order valence-corrected chi connectivity index (χ3v) is 5.85. The zero-order chi connectivity index (χ0) is 23.5. The van der Waals surface area contributed by atoms with Gasteiger partial charge in [0.25, 0.3) is 0 Å². The summed E-state index contributed by atoms with van der Waals surface area (Å²) < 4.78 is 10.6. The lowest BCUT2D eigenvalue weighted by Gasteiger charge is -2.27. The largest absolute Gasteiger partial charge is 0.459 e. The monoisotopic (exact) mass is 452 g/mol. The molecule has 1 atom stereocenters. The number of hydrogen-bond acceptors (Lipinski definition) is 6. The fourth-order valence-electron chi connectivity index (χ4n) is 4.03. The molecular formula is C26H32N2O5. The van der Waals surface area contributed by atoms with Gasteiger partial charge < -0.3 is 15.2 Å². The van der Waals surface area contributed by atoms with Gasteiger partial charge in [0.1, 0.15) is 19.8 Å². The summed E-state index contributed by atoms with van der Waals surface area (Å²) in [5.41, 5.74) is 7.77. The van der Waals surface area contributed by atoms with E-state index < -0.39 is 30.6 Å². The van der Waals surface area contributed by atoms with Gasteiger partial charge in [0.2, 0.25) is 5.91 Å². The highest BCUT2D eigenvalue weighted by Gasteiger charge is 2.32. The van der Waals surface area contributed by atoms with Gasteiger partial charge in [-0.1, -0.05) is 92.8 Å². The van der Waals surface area contributed by atoms with Crippen molar-refractivity contribution in [3.05, 3.63) is 71.8 Å². The van der Waals surface area contributed by atoms with E-state index in [1.54, 1.807) is 0 Å². The van der Waals surface area contributed by atoms with E-state index in [0.29, 0.717) is 12.3 Å². The van der Waals surface area contributed by atoms with Crippen LogP contribution in [0.15, 0.2) is 60.7 Å². The van der Waals surface area contributed by atoms with Crippen LogP contribution in [0.2, 0.25) is 0 Å². The Labute approximate surface area is 194 Å². The molecule has 2 N–H and O–H groups in total. The molecule has 3 rings (SSSR count). The minimum Gasteiger partial charge on any atom is -0.459 e. The zero-order valence-electron chi connectivity index (χ0n) is 18.9. The Hall–Kier alpha value is -3.19. The average Bonchev–Trinajstić information content (AvgIpc) is 2.86. The Balaban J connectivity index is 1.62. The van der Waals surface area contributed by atoms with Gasteiger partial charge in [-0.05, 0) is 23.5 Å². The number of nitrogens with zero attached hydrogens (tertiary/aromatic N) is 1. The van der Waals surface area contributed by atoms with Crippen LogP contribution in [0.5, 0.6) is 0 Å². The van der Waals surface area contributed by atoms with Crippen molar-refractivity contribution >= 4 is 18.0 Å². The topological polar surface area (TPSA) is 98.9 Å². The molecule has 1 saturated carbocycles. The molecule has 0 heterocycles. The molecule has 0 bridgehead atoms. The molecule has 0 unspecified atom stereocenters. The number of ether oxygens (including phenoxy) is 2. The molecule has 176 valence electrons. The second-order valence-corrected chi connectivity index (χ2v) is 8.46. The maximum Gasteiger partial charge on any atom is 0.417 e. The molecule has 1 aliphatic rings. The van der Waals surface area contributed by atoms with Crippen molar-refractivity contribution in [2.45, 2.75) is 57.8 Å². The van der Waals surface area contributed by atoms with E-state index in [2.05, 4.69) is 0 Å². The summed E-state index contributed by atoms with van der Waals surface area (Å²) in [5.74, 6) is -0.964. The molecule has 2 aromatic rings. The number of hydrogen-bond donors (Lipinski definition) is 1. The first-order valence-corrected chi connectivity index (χ1v) is 11.5. The Kier molecular flexibility index (Phi) is 9.44. The molecule has 33 heavy (non-hydrogen) atoms. The van der Waals surface area contributed by atoms with Gasteiger partial charge in [-0.3, -0.25) is 9.59 Å². The highest BCUT2D eigenvalue weighted by atomic mass is 16.6. The van der Waals surface area contributed by atoms with Crippen LogP contribution in [0.3, 0.4) is 0 Å². The fraction of sp³-hybridized carbons (Fsp3) is 0.423. The van der Waals surface area contributed by atoms with Gasteiger partial charge in [0.05, 0.1) is 6.04 Å². The van der Waals surface area contributed by atoms with Gasteiger partial charge >= 0.3 is 12.1 Å². The molecule has 0 saturated heterocycles. The van der Waals surface area contributed by atoms with Crippen LogP contribution in [-0.4, -0.2) is 35.5 Å². The minimum absolute atomic E-state index is 0.0135. The Morgan fingerprint density at radius 2 is 1.39 bits per heavy atom. The van der Waals surface area contributed by atoms with E-state index in [1.807, 2.05) is 60.7 Å². The first-order chi connectivity index (χ1) is 16.0. The first-order valence-electron chi connectivity index (χ1n) is 11.5. The van der Waals surface area contributed by atoms with Crippen molar-refractivity contribution in [1.82, 2.24) is 4.90 Å². The molecule has 2 aromatic carbocycles. The normalized spacial score (nSPS) is 14.8. The lowest BCUT2D eigenvalue weighted by atomic mass is 9.85. The SMILES string of the molecule is N[C@H](CC1CCCCC1)C(=O)N(CC(=O)OCc1ccccc1)C(=O)OCc1ccccc1. The second-order valence-electron chi connectivity index (χ2n) is 8.46. The van der Waals surface area contributed by atoms with Gasteiger partial charge in [0, 0.05) is 0 Å². The molecule has 0 aliphatic heterocycles. The summed E-state index contributed by atoms with van der Waals surface area (Å²) in [7, 11) is 0. The van der Waals surface area contributed by atoms with Gasteiger partial charge in [-0.15, -0.1) is 0 Å². The number of amides is 2. The van der Waals surface area contributed by atoms with Crippen molar-refractivity contribution in [1.29, 1.82) is 0 Å². The third-order valence-electron chi connectivity index (χ3n) is 5.85. The third kappa shape index (κ3) is 8.02. The summed E-state index contributed by atoms with van der Waals surface area (Å²) in [4.78, 5) is 39.1. The molecule has 0 radical (unpaired) electrons. The number of rotatable bonds is 9. The molecule has 0 spiro atoms. The van der Waals surface area contributed by atoms with Gasteiger partial charge in [0.15, 0.2) is 0 Å². The Morgan fingerprint density at radius 3 is 1.97 bits per heavy atom. The number of nitrogens with two attached hydrogens (primary N) is 1. The van der Waals surface area contributed by atoms with E-state index in [-0.39, 0.29) is 13.2 Å². The molecular weight excluding hydrogens is 420 g/mol. The van der Waals surface area contributed by atoms with Crippen LogP contribution in [-0.2, 0) is 32.3 Å². The summed E-state index contributed by atoms with van der Waals surface area (Å²) in [6, 6.07) is 17.4. The summed E-state index contributed by atoms with van der Waals surface area (Å²) in [6.07, 6.45) is 5.09. The molecule has 1 aliphatic carbocycles. The summed E-state index contributed by atoms with van der Waals surface area (Å²) in [5, 5.41) is 0. The van der Waals surface area contributed by atoms with Gasteiger partial charge in [-0.25, -0.2) is 9.69 Å². The summed E-state index contributed by atoms with van der Waals surface area (Å²) in [6.45, 7) is -0.507. The molecule has 7 nitrogen and oxygen atoms in total. The average molecular weight is 453 g/mol. The maximum atomic E-state index is 13.1. The van der Waals surface area contributed by atoms with Crippen LogP contribution < -0.4 is 5.73 Å². The minimum atomic E-state index is -0.903. The Bertz CT molecular complexity index is 897. The first kappa shape index (κ1) is 24.5. The molecule has 0 aromatic heterocycles. The van der Waals surface area contributed by atoms with Crippen molar-refractivity contribution in [2.75, 3.05) is 6.54 Å². The second kappa shape index (κ2) is 12.7. The van der Waals surface area contributed by atoms with Crippen LogP contribution in [0.25, 0.3) is 0 Å². The van der Waals surface area contributed by atoms with E-state index >= 15 is 0 Å². The number of benzene rings is 2. The molecule has 1 fully saturated rings. The van der Waals surface area contributed by atoms with Crippen LogP contribution in [0.4, 0.5) is 4.79 Å². The summed E-state index contributed by atoms with van der Waals surface area (Å²) >= 11 is 0. The van der Waals surface area contributed by atoms with Crippen LogP contribution >= 0.6 is 0 Å². The lowest BCUT2D eigenvalue weighted by molar-refractivity contribution is -0.150. The fourth-order valence-corrected chi connectivity index (χ4v) is 4.03. The van der Waals surface area contributed by atoms with Crippen molar-refractivity contribution in [3.8, 4) is 0 Å². The highest BCUT2D eigenvalue weighted by molar-refractivity contribution is 5.97. The smallest absolute Gasteiger partial charge is 0.417 e. The molecule has 7 heteroatoms. The number of carbonyl (C=O) groups excluding carboxylic acids is 3.